The summed E-state index contributed by atoms with van der Waals surface area (Å²) in [6, 6.07) is 12.8. The zero-order chi connectivity index (χ0) is 17.4. The highest BCUT2D eigenvalue weighted by molar-refractivity contribution is 5.85. The SMILES string of the molecule is Cc1cc(N2CCCCC2CCO)n2c(nc3ccccc32)c1C#N. The van der Waals surface area contributed by atoms with E-state index in [0.717, 1.165) is 53.9 Å². The topological polar surface area (TPSA) is 64.6 Å². The maximum Gasteiger partial charge on any atom is 0.157 e. The van der Waals surface area contributed by atoms with Crippen molar-refractivity contribution in [1.29, 1.82) is 5.26 Å². The van der Waals surface area contributed by atoms with Crippen LogP contribution in [0.25, 0.3) is 16.7 Å². The van der Waals surface area contributed by atoms with Crippen molar-refractivity contribution in [2.24, 2.45) is 0 Å². The quantitative estimate of drug-likeness (QED) is 0.797. The maximum absolute atomic E-state index is 9.63. The van der Waals surface area contributed by atoms with Gasteiger partial charge in [-0.1, -0.05) is 12.1 Å². The van der Waals surface area contributed by atoms with E-state index in [9.17, 15) is 10.4 Å². The van der Waals surface area contributed by atoms with E-state index in [1.807, 2.05) is 25.1 Å². The maximum atomic E-state index is 9.63. The van der Waals surface area contributed by atoms with Gasteiger partial charge in [0.25, 0.3) is 0 Å². The fourth-order valence-electron chi connectivity index (χ4n) is 4.03. The normalized spacial score (nSPS) is 18.0. The summed E-state index contributed by atoms with van der Waals surface area (Å²) in [7, 11) is 0. The van der Waals surface area contributed by atoms with Gasteiger partial charge in [0.05, 0.1) is 16.6 Å². The van der Waals surface area contributed by atoms with Gasteiger partial charge in [0.15, 0.2) is 5.65 Å². The van der Waals surface area contributed by atoms with Crippen molar-refractivity contribution < 1.29 is 5.11 Å². The number of piperidine rings is 1. The number of nitrogens with zero attached hydrogens (tertiary/aromatic N) is 4. The van der Waals surface area contributed by atoms with Crippen LogP contribution in [0, 0.1) is 18.3 Å². The van der Waals surface area contributed by atoms with Crippen LogP contribution < -0.4 is 4.90 Å². The van der Waals surface area contributed by atoms with Crippen LogP contribution in [0.2, 0.25) is 0 Å². The number of anilines is 1. The molecule has 1 fully saturated rings. The van der Waals surface area contributed by atoms with Crippen molar-refractivity contribution in [3.8, 4) is 6.07 Å². The molecule has 128 valence electrons. The summed E-state index contributed by atoms with van der Waals surface area (Å²) in [6.07, 6.45) is 4.21. The largest absolute Gasteiger partial charge is 0.396 e. The van der Waals surface area contributed by atoms with Crippen LogP contribution in [-0.2, 0) is 0 Å². The van der Waals surface area contributed by atoms with Crippen molar-refractivity contribution in [2.75, 3.05) is 18.1 Å². The molecule has 1 aliphatic rings. The molecule has 5 nitrogen and oxygen atoms in total. The number of fused-ring (bicyclic) bond motifs is 3. The minimum atomic E-state index is 0.199. The lowest BCUT2D eigenvalue weighted by molar-refractivity contribution is 0.262. The van der Waals surface area contributed by atoms with Crippen molar-refractivity contribution in [2.45, 2.75) is 38.6 Å². The summed E-state index contributed by atoms with van der Waals surface area (Å²) in [5.74, 6) is 1.08. The molecule has 0 aliphatic carbocycles. The van der Waals surface area contributed by atoms with E-state index in [1.54, 1.807) is 0 Å². The number of aromatic nitrogens is 2. The molecule has 3 heterocycles. The number of hydrogen-bond acceptors (Lipinski definition) is 4. The molecule has 5 heteroatoms. The number of aliphatic hydroxyl groups is 1. The van der Waals surface area contributed by atoms with Crippen LogP contribution in [0.4, 0.5) is 5.82 Å². The molecule has 0 radical (unpaired) electrons. The smallest absolute Gasteiger partial charge is 0.157 e. The Bertz CT molecular complexity index is 967. The Morgan fingerprint density at radius 1 is 1.32 bits per heavy atom. The van der Waals surface area contributed by atoms with E-state index >= 15 is 0 Å². The second-order valence-corrected chi connectivity index (χ2v) is 6.79. The van der Waals surface area contributed by atoms with E-state index in [0.29, 0.717) is 11.6 Å². The molecule has 1 aromatic carbocycles. The van der Waals surface area contributed by atoms with Gasteiger partial charge in [-0.3, -0.25) is 4.40 Å². The molecule has 2 aromatic heterocycles. The molecule has 1 unspecified atom stereocenters. The number of aryl methyl sites for hydroxylation is 1. The molecule has 0 amide bonds. The third kappa shape index (κ3) is 2.54. The summed E-state index contributed by atoms with van der Waals surface area (Å²) in [6.45, 7) is 3.15. The third-order valence-electron chi connectivity index (χ3n) is 5.25. The predicted octanol–water partition coefficient (Wildman–Crippen LogP) is 3.41. The molecule has 0 bridgehead atoms. The van der Waals surface area contributed by atoms with E-state index < -0.39 is 0 Å². The van der Waals surface area contributed by atoms with Gasteiger partial charge in [0.2, 0.25) is 0 Å². The zero-order valence-corrected chi connectivity index (χ0v) is 14.4. The van der Waals surface area contributed by atoms with Crippen LogP contribution in [0.3, 0.4) is 0 Å². The summed E-state index contributed by atoms with van der Waals surface area (Å²) in [5, 5.41) is 19.1. The number of para-hydroxylation sites is 2. The summed E-state index contributed by atoms with van der Waals surface area (Å²) in [5.41, 5.74) is 4.25. The van der Waals surface area contributed by atoms with Crippen LogP contribution in [0.5, 0.6) is 0 Å². The minimum absolute atomic E-state index is 0.199. The average molecular weight is 334 g/mol. The van der Waals surface area contributed by atoms with Gasteiger partial charge < -0.3 is 10.0 Å². The summed E-state index contributed by atoms with van der Waals surface area (Å²) in [4.78, 5) is 7.14. The lowest BCUT2D eigenvalue weighted by Crippen LogP contribution is -2.41. The van der Waals surface area contributed by atoms with Crippen molar-refractivity contribution >= 4 is 22.5 Å². The number of rotatable bonds is 3. The molecule has 1 aliphatic heterocycles. The standard InChI is InChI=1S/C20H22N4O/c1-14-12-19(23-10-5-4-6-15(23)9-11-25)24-18-8-3-2-7-17(18)22-20(24)16(14)13-21/h2-3,7-8,12,15,25H,4-6,9-11H2,1H3. The highest BCUT2D eigenvalue weighted by Crippen LogP contribution is 2.32. The molecule has 4 rings (SSSR count). The predicted molar refractivity (Wildman–Crippen MR) is 98.8 cm³/mol. The molecule has 25 heavy (non-hydrogen) atoms. The molecule has 3 aromatic rings. The van der Waals surface area contributed by atoms with Crippen LogP contribution >= 0.6 is 0 Å². The lowest BCUT2D eigenvalue weighted by Gasteiger charge is -2.38. The third-order valence-corrected chi connectivity index (χ3v) is 5.25. The Labute approximate surface area is 147 Å². The van der Waals surface area contributed by atoms with Crippen LogP contribution in [-0.4, -0.2) is 33.7 Å². The van der Waals surface area contributed by atoms with E-state index in [2.05, 4.69) is 27.5 Å². The number of hydrogen-bond donors (Lipinski definition) is 1. The Hall–Kier alpha value is -2.58. The molecule has 1 saturated heterocycles. The number of nitriles is 1. The van der Waals surface area contributed by atoms with Crippen LogP contribution in [0.1, 0.15) is 36.8 Å². The van der Waals surface area contributed by atoms with E-state index in [4.69, 9.17) is 4.98 Å². The Morgan fingerprint density at radius 3 is 2.96 bits per heavy atom. The van der Waals surface area contributed by atoms with Gasteiger partial charge in [0.1, 0.15) is 11.9 Å². The van der Waals surface area contributed by atoms with Gasteiger partial charge in [0, 0.05) is 19.2 Å². The summed E-state index contributed by atoms with van der Waals surface area (Å²) >= 11 is 0. The van der Waals surface area contributed by atoms with Gasteiger partial charge >= 0.3 is 0 Å². The Balaban J connectivity index is 2.01. The Morgan fingerprint density at radius 2 is 2.16 bits per heavy atom. The highest BCUT2D eigenvalue weighted by atomic mass is 16.3. The summed E-state index contributed by atoms with van der Waals surface area (Å²) < 4.78 is 2.12. The van der Waals surface area contributed by atoms with E-state index in [1.165, 1.54) is 6.42 Å². The van der Waals surface area contributed by atoms with Gasteiger partial charge in [-0.15, -0.1) is 0 Å². The molecule has 1 N–H and O–H groups in total. The first kappa shape index (κ1) is 15.9. The minimum Gasteiger partial charge on any atom is -0.396 e. The first-order chi connectivity index (χ1) is 12.2. The van der Waals surface area contributed by atoms with Gasteiger partial charge in [-0.25, -0.2) is 4.98 Å². The monoisotopic (exact) mass is 334 g/mol. The van der Waals surface area contributed by atoms with Crippen molar-refractivity contribution in [1.82, 2.24) is 9.38 Å². The first-order valence-corrected chi connectivity index (χ1v) is 8.93. The Kier molecular flexibility index (Phi) is 4.06. The molecule has 0 saturated carbocycles. The molecular formula is C20H22N4O. The first-order valence-electron chi connectivity index (χ1n) is 8.93. The lowest BCUT2D eigenvalue weighted by atomic mass is 9.99. The number of pyridine rings is 1. The number of benzene rings is 1. The van der Waals surface area contributed by atoms with Crippen molar-refractivity contribution in [3.63, 3.8) is 0 Å². The van der Waals surface area contributed by atoms with Gasteiger partial charge in [-0.2, -0.15) is 5.26 Å². The number of aliphatic hydroxyl groups excluding tert-OH is 1. The molecule has 0 spiro atoms. The second-order valence-electron chi connectivity index (χ2n) is 6.79. The molecular weight excluding hydrogens is 312 g/mol. The fraction of sp³-hybridized carbons (Fsp3) is 0.400. The number of imidazole rings is 1. The average Bonchev–Trinajstić information content (AvgIpc) is 3.01. The van der Waals surface area contributed by atoms with Crippen LogP contribution in [0.15, 0.2) is 30.3 Å². The highest BCUT2D eigenvalue weighted by Gasteiger charge is 2.26. The van der Waals surface area contributed by atoms with E-state index in [-0.39, 0.29) is 6.61 Å². The zero-order valence-electron chi connectivity index (χ0n) is 14.4. The fourth-order valence-corrected chi connectivity index (χ4v) is 4.03. The second kappa shape index (κ2) is 6.38. The van der Waals surface area contributed by atoms with Crippen molar-refractivity contribution in [3.05, 3.63) is 41.5 Å². The van der Waals surface area contributed by atoms with Gasteiger partial charge in [-0.05, 0) is 56.4 Å². The molecule has 1 atom stereocenters.